The van der Waals surface area contributed by atoms with Crippen LogP contribution in [0, 0.1) is 24.2 Å². The first kappa shape index (κ1) is 25.0. The van der Waals surface area contributed by atoms with E-state index in [2.05, 4.69) is 42.3 Å². The van der Waals surface area contributed by atoms with E-state index in [1.54, 1.807) is 11.3 Å². The molecule has 0 spiro atoms. The average molecular weight is 478 g/mol. The zero-order valence-electron chi connectivity index (χ0n) is 19.1. The number of rotatable bonds is 10. The van der Waals surface area contributed by atoms with Crippen molar-refractivity contribution >= 4 is 23.3 Å². The van der Waals surface area contributed by atoms with E-state index in [9.17, 15) is 9.59 Å². The number of aliphatic carboxylic acids is 2. The molecule has 0 saturated carbocycles. The smallest absolute Gasteiger partial charge is 0.321 e. The number of carboxylic acid groups (broad SMARTS) is 2. The van der Waals surface area contributed by atoms with Crippen LogP contribution in [0.5, 0.6) is 5.75 Å². The van der Waals surface area contributed by atoms with Crippen molar-refractivity contribution in [3.63, 3.8) is 0 Å². The number of carboxylic acids is 2. The molecule has 1 aromatic heterocycles. The first-order chi connectivity index (χ1) is 16.3. The number of hydrogen-bond donors (Lipinski definition) is 3. The van der Waals surface area contributed by atoms with Gasteiger partial charge < -0.3 is 20.3 Å². The average Bonchev–Trinajstić information content (AvgIpc) is 3.21. The summed E-state index contributed by atoms with van der Waals surface area (Å²) in [4.78, 5) is 24.7. The lowest BCUT2D eigenvalue weighted by atomic mass is 9.87. The molecular weight excluding hydrogens is 450 g/mol. The van der Waals surface area contributed by atoms with Gasteiger partial charge >= 0.3 is 11.9 Å². The molecule has 0 fully saturated rings. The molecule has 34 heavy (non-hydrogen) atoms. The van der Waals surface area contributed by atoms with Crippen LogP contribution >= 0.6 is 11.3 Å². The molecule has 7 heteroatoms. The normalized spacial score (nSPS) is 10.9. The summed E-state index contributed by atoms with van der Waals surface area (Å²) in [6.45, 7) is 4.70. The van der Waals surface area contributed by atoms with Crippen molar-refractivity contribution in [3.05, 3.63) is 76.0 Å². The molecule has 0 amide bonds. The second-order valence-corrected chi connectivity index (χ2v) is 9.40. The molecule has 6 nitrogen and oxygen atoms in total. The summed E-state index contributed by atoms with van der Waals surface area (Å²) >= 11 is 1.74. The lowest BCUT2D eigenvalue weighted by Crippen LogP contribution is -2.35. The molecule has 3 aromatic rings. The van der Waals surface area contributed by atoms with Crippen LogP contribution < -0.4 is 10.1 Å². The van der Waals surface area contributed by atoms with Gasteiger partial charge in [0.2, 0.25) is 0 Å². The third-order valence-electron chi connectivity index (χ3n) is 5.41. The number of carbonyl (C=O) groups is 2. The van der Waals surface area contributed by atoms with E-state index in [0.29, 0.717) is 19.7 Å². The molecule has 3 rings (SSSR count). The van der Waals surface area contributed by atoms with E-state index in [1.807, 2.05) is 42.5 Å². The van der Waals surface area contributed by atoms with Crippen molar-refractivity contribution in [2.75, 3.05) is 6.54 Å². The Hall–Kier alpha value is -3.60. The summed E-state index contributed by atoms with van der Waals surface area (Å²) in [7, 11) is 0. The quantitative estimate of drug-likeness (QED) is 0.217. The Kier molecular flexibility index (Phi) is 8.47. The van der Waals surface area contributed by atoms with Gasteiger partial charge in [-0.1, -0.05) is 48.4 Å². The van der Waals surface area contributed by atoms with Crippen molar-refractivity contribution in [2.45, 2.75) is 33.4 Å². The molecule has 1 heterocycles. The van der Waals surface area contributed by atoms with Gasteiger partial charge in [-0.2, -0.15) is 0 Å². The van der Waals surface area contributed by atoms with Crippen LogP contribution in [0.15, 0.2) is 60.7 Å². The van der Waals surface area contributed by atoms with Crippen LogP contribution in [-0.4, -0.2) is 28.7 Å². The predicted octanol–water partition coefficient (Wildman–Crippen LogP) is 4.96. The van der Waals surface area contributed by atoms with Crippen molar-refractivity contribution in [1.29, 1.82) is 0 Å². The van der Waals surface area contributed by atoms with Crippen LogP contribution in [-0.2, 0) is 22.7 Å². The second kappa shape index (κ2) is 11.5. The molecule has 0 atom stereocenters. The highest BCUT2D eigenvalue weighted by Crippen LogP contribution is 2.31. The van der Waals surface area contributed by atoms with Gasteiger partial charge in [-0.15, -0.1) is 17.3 Å². The number of benzene rings is 2. The summed E-state index contributed by atoms with van der Waals surface area (Å²) in [5.74, 6) is 3.42. The van der Waals surface area contributed by atoms with E-state index in [0.717, 1.165) is 18.2 Å². The van der Waals surface area contributed by atoms with E-state index >= 15 is 0 Å². The van der Waals surface area contributed by atoms with Gasteiger partial charge in [-0.3, -0.25) is 9.59 Å². The molecule has 0 saturated heterocycles. The Morgan fingerprint density at radius 1 is 1.03 bits per heavy atom. The Morgan fingerprint density at radius 2 is 1.71 bits per heavy atom. The lowest BCUT2D eigenvalue weighted by Gasteiger charge is -2.15. The van der Waals surface area contributed by atoms with E-state index in [1.165, 1.54) is 20.9 Å². The van der Waals surface area contributed by atoms with Gasteiger partial charge in [0.15, 0.2) is 5.41 Å². The van der Waals surface area contributed by atoms with Crippen molar-refractivity contribution in [3.8, 4) is 28.7 Å². The number of hydrogen-bond acceptors (Lipinski definition) is 5. The minimum atomic E-state index is -1.90. The maximum Gasteiger partial charge on any atom is 0.321 e. The zero-order valence-corrected chi connectivity index (χ0v) is 19.9. The van der Waals surface area contributed by atoms with Gasteiger partial charge in [0.05, 0.1) is 6.54 Å². The first-order valence-corrected chi connectivity index (χ1v) is 11.6. The van der Waals surface area contributed by atoms with E-state index in [4.69, 9.17) is 14.9 Å². The summed E-state index contributed by atoms with van der Waals surface area (Å²) < 4.78 is 5.95. The fraction of sp³-hybridized carbons (Fsp3) is 0.259. The Morgan fingerprint density at radius 3 is 2.35 bits per heavy atom. The molecule has 3 N–H and O–H groups in total. The minimum Gasteiger partial charge on any atom is -0.488 e. The van der Waals surface area contributed by atoms with Crippen molar-refractivity contribution < 1.29 is 24.5 Å². The molecule has 0 aliphatic rings. The molecule has 0 bridgehead atoms. The van der Waals surface area contributed by atoms with Crippen LogP contribution in [0.3, 0.4) is 0 Å². The minimum absolute atomic E-state index is 0.248. The van der Waals surface area contributed by atoms with Crippen LogP contribution in [0.25, 0.3) is 11.1 Å². The van der Waals surface area contributed by atoms with E-state index in [-0.39, 0.29) is 6.42 Å². The number of thiophene rings is 1. The standard InChI is InChI=1S/C27H27NO5S/c1-19-24(21-8-4-3-5-9-21)16-23(34-19)18-33-22-12-10-20(11-13-22)17-28-15-7-6-14-27(2,25(29)30)26(31)32/h3-5,8-13,16,28H,14-15,17-18H2,1-2H3,(H,29,30)(H,31,32). The van der Waals surface area contributed by atoms with Crippen LogP contribution in [0.1, 0.15) is 28.7 Å². The van der Waals surface area contributed by atoms with Gasteiger partial charge in [-0.05, 0) is 48.7 Å². The van der Waals surface area contributed by atoms with Gasteiger partial charge in [0.25, 0.3) is 0 Å². The van der Waals surface area contributed by atoms with Crippen LogP contribution in [0.4, 0.5) is 0 Å². The lowest BCUT2D eigenvalue weighted by molar-refractivity contribution is -0.162. The molecule has 2 aromatic carbocycles. The van der Waals surface area contributed by atoms with Gasteiger partial charge in [0.1, 0.15) is 12.4 Å². The molecule has 0 aliphatic heterocycles. The summed E-state index contributed by atoms with van der Waals surface area (Å²) in [5.41, 5.74) is 1.60. The highest BCUT2D eigenvalue weighted by molar-refractivity contribution is 7.12. The monoisotopic (exact) mass is 477 g/mol. The molecular formula is C27H27NO5S. The maximum atomic E-state index is 11.1. The third kappa shape index (κ3) is 6.47. The maximum absolute atomic E-state index is 11.1. The number of aryl methyl sites for hydroxylation is 1. The summed E-state index contributed by atoms with van der Waals surface area (Å²) in [6, 6.07) is 20.3. The Bertz CT molecular complexity index is 1180. The largest absolute Gasteiger partial charge is 0.488 e. The topological polar surface area (TPSA) is 95.9 Å². The predicted molar refractivity (Wildman–Crippen MR) is 133 cm³/mol. The van der Waals surface area contributed by atoms with E-state index < -0.39 is 17.4 Å². The van der Waals surface area contributed by atoms with Crippen molar-refractivity contribution in [2.24, 2.45) is 5.41 Å². The van der Waals surface area contributed by atoms with Crippen LogP contribution in [0.2, 0.25) is 0 Å². The molecule has 0 aliphatic carbocycles. The molecule has 0 radical (unpaired) electrons. The highest BCUT2D eigenvalue weighted by Gasteiger charge is 2.40. The van der Waals surface area contributed by atoms with Gasteiger partial charge in [0, 0.05) is 22.7 Å². The SMILES string of the molecule is Cc1sc(COc2ccc(CNCC#CCC(C)(C(=O)O)C(=O)O)cc2)cc1-c1ccccc1. The summed E-state index contributed by atoms with van der Waals surface area (Å²) in [5, 5.41) is 21.3. The fourth-order valence-electron chi connectivity index (χ4n) is 3.19. The van der Waals surface area contributed by atoms with Crippen molar-refractivity contribution in [1.82, 2.24) is 5.32 Å². The molecule has 0 unspecified atom stereocenters. The molecule has 176 valence electrons. The fourth-order valence-corrected chi connectivity index (χ4v) is 4.17. The van der Waals surface area contributed by atoms with Gasteiger partial charge in [-0.25, -0.2) is 0 Å². The number of ether oxygens (including phenoxy) is 1. The zero-order chi connectivity index (χ0) is 24.6. The Labute approximate surface area is 203 Å². The second-order valence-electron chi connectivity index (χ2n) is 8.06. The Balaban J connectivity index is 1.45. The first-order valence-electron chi connectivity index (χ1n) is 10.8. The summed E-state index contributed by atoms with van der Waals surface area (Å²) in [6.07, 6.45) is -0.248. The third-order valence-corrected chi connectivity index (χ3v) is 6.44. The highest BCUT2D eigenvalue weighted by atomic mass is 32.1. The number of nitrogens with one attached hydrogen (secondary N) is 1.